The number of anilines is 2. The van der Waals surface area contributed by atoms with Gasteiger partial charge in [-0.1, -0.05) is 48.5 Å². The predicted octanol–water partition coefficient (Wildman–Crippen LogP) is 7.78. The first-order valence-corrected chi connectivity index (χ1v) is 18.8. The third-order valence-electron chi connectivity index (χ3n) is 10.2. The van der Waals surface area contributed by atoms with E-state index in [4.69, 9.17) is 26.7 Å². The summed E-state index contributed by atoms with van der Waals surface area (Å²) < 4.78 is 28.1. The number of piperidine rings is 1. The predicted molar refractivity (Wildman–Crippen MR) is 205 cm³/mol. The molecule has 0 bridgehead atoms. The molecule has 3 aromatic carbocycles. The Labute approximate surface area is 302 Å². The van der Waals surface area contributed by atoms with Crippen LogP contribution in [-0.4, -0.2) is 51.2 Å². The molecule has 5 aromatic rings. The van der Waals surface area contributed by atoms with E-state index in [1.165, 1.54) is 11.1 Å². The van der Waals surface area contributed by atoms with Gasteiger partial charge in [0.1, 0.15) is 22.8 Å². The number of methoxy groups -OCH3 is 2. The monoisotopic (exact) mass is 710 g/mol. The van der Waals surface area contributed by atoms with Crippen LogP contribution in [0.2, 0.25) is 0 Å². The molecule has 1 saturated heterocycles. The maximum atomic E-state index is 13.4. The van der Waals surface area contributed by atoms with Crippen molar-refractivity contribution < 1.29 is 13.7 Å². The van der Waals surface area contributed by atoms with Gasteiger partial charge in [0.2, 0.25) is 0 Å². The standard InChI is InChI=1S/C39H46N6O3S2/c1-38(2,3)50(46)43-35-31-9-7-6-8-28(31)23-39(35)18-20-44(21-19-39)33-22-32-34(42-37(49)40-32)36(41-33)45(24-26-10-14-29(47-4)15-11-26)25-27-12-16-30(48-5)17-13-27/h6-17,22,35,43H,18-21,23-25H2,1-5H3,(H2,40,42,49)/t35-,50?/m1/s1. The van der Waals surface area contributed by atoms with Crippen LogP contribution in [0.1, 0.15) is 61.9 Å². The number of aromatic nitrogens is 3. The van der Waals surface area contributed by atoms with Crippen LogP contribution in [0.5, 0.6) is 11.5 Å². The topological polar surface area (TPSA) is 98.5 Å². The Morgan fingerprint density at radius 3 is 2.12 bits per heavy atom. The minimum atomic E-state index is -1.18. The molecule has 0 saturated carbocycles. The molecule has 2 aromatic heterocycles. The SMILES string of the molecule is COc1ccc(CN(Cc2ccc(OC)cc2)c2nc(N3CCC4(CC3)Cc3ccccc3[C@H]4NS(=O)C(C)(C)C)cc3[nH]c(=S)[nH]c23)cc1. The highest BCUT2D eigenvalue weighted by Gasteiger charge is 2.49. The zero-order valence-electron chi connectivity index (χ0n) is 29.4. The Morgan fingerprint density at radius 2 is 1.54 bits per heavy atom. The lowest BCUT2D eigenvalue weighted by molar-refractivity contribution is 0.177. The van der Waals surface area contributed by atoms with Crippen LogP contribution in [0.15, 0.2) is 78.9 Å². The van der Waals surface area contributed by atoms with Crippen LogP contribution in [0.25, 0.3) is 11.0 Å². The Hall–Kier alpha value is -4.19. The molecule has 2 aliphatic rings. The summed E-state index contributed by atoms with van der Waals surface area (Å²) in [6.07, 6.45) is 2.90. The molecular weight excluding hydrogens is 665 g/mol. The van der Waals surface area contributed by atoms with Crippen LogP contribution in [0, 0.1) is 10.2 Å². The molecule has 7 rings (SSSR count). The van der Waals surface area contributed by atoms with Gasteiger partial charge in [-0.3, -0.25) is 0 Å². The van der Waals surface area contributed by atoms with Gasteiger partial charge in [0.05, 0.1) is 41.5 Å². The molecule has 1 aliphatic heterocycles. The molecule has 1 aliphatic carbocycles. The molecule has 1 spiro atoms. The van der Waals surface area contributed by atoms with Crippen molar-refractivity contribution in [2.45, 2.75) is 63.9 Å². The van der Waals surface area contributed by atoms with E-state index in [9.17, 15) is 4.21 Å². The van der Waals surface area contributed by atoms with E-state index in [-0.39, 0.29) is 16.2 Å². The number of nitrogens with one attached hydrogen (secondary N) is 3. The number of hydrogen-bond donors (Lipinski definition) is 3. The van der Waals surface area contributed by atoms with Crippen molar-refractivity contribution in [3.63, 3.8) is 0 Å². The molecule has 11 heteroatoms. The lowest BCUT2D eigenvalue weighted by atomic mass is 9.73. The summed E-state index contributed by atoms with van der Waals surface area (Å²) in [5, 5.41) is 0. The van der Waals surface area contributed by atoms with Crippen LogP contribution < -0.4 is 24.0 Å². The van der Waals surface area contributed by atoms with Gasteiger partial charge in [0.25, 0.3) is 0 Å². The maximum absolute atomic E-state index is 13.4. The van der Waals surface area contributed by atoms with Crippen molar-refractivity contribution in [2.24, 2.45) is 5.41 Å². The number of hydrogen-bond acceptors (Lipinski definition) is 7. The summed E-state index contributed by atoms with van der Waals surface area (Å²) in [6, 6.07) is 27.2. The van der Waals surface area contributed by atoms with E-state index in [1.54, 1.807) is 14.2 Å². The first-order valence-electron chi connectivity index (χ1n) is 17.2. The Morgan fingerprint density at radius 1 is 0.940 bits per heavy atom. The second-order valence-corrected chi connectivity index (χ2v) is 16.9. The molecule has 0 radical (unpaired) electrons. The number of H-pyrrole nitrogens is 2. The molecular formula is C39H46N6O3S2. The largest absolute Gasteiger partial charge is 0.497 e. The van der Waals surface area contributed by atoms with Crippen molar-refractivity contribution >= 4 is 45.9 Å². The number of pyridine rings is 1. The molecule has 3 heterocycles. The van der Waals surface area contributed by atoms with E-state index in [2.05, 4.69) is 79.1 Å². The van der Waals surface area contributed by atoms with Gasteiger partial charge in [-0.2, -0.15) is 0 Å². The third kappa shape index (κ3) is 6.91. The number of benzene rings is 3. The molecule has 2 atom stereocenters. The van der Waals surface area contributed by atoms with Gasteiger partial charge in [-0.25, -0.2) is 13.9 Å². The van der Waals surface area contributed by atoms with Crippen LogP contribution in [0.4, 0.5) is 11.6 Å². The number of aromatic amines is 2. The van der Waals surface area contributed by atoms with E-state index in [0.29, 0.717) is 17.9 Å². The summed E-state index contributed by atoms with van der Waals surface area (Å²) in [7, 11) is 2.19. The minimum Gasteiger partial charge on any atom is -0.497 e. The first-order chi connectivity index (χ1) is 24.0. The fraction of sp³-hybridized carbons (Fsp3) is 0.385. The Kier molecular flexibility index (Phi) is 9.49. The van der Waals surface area contributed by atoms with Crippen LogP contribution in [0.3, 0.4) is 0 Å². The summed E-state index contributed by atoms with van der Waals surface area (Å²) in [4.78, 5) is 16.9. The zero-order valence-corrected chi connectivity index (χ0v) is 31.0. The van der Waals surface area contributed by atoms with Crippen LogP contribution >= 0.6 is 12.2 Å². The number of rotatable bonds is 10. The van der Waals surface area contributed by atoms with Crippen molar-refractivity contribution in [3.05, 3.63) is 106 Å². The highest BCUT2D eigenvalue weighted by molar-refractivity contribution is 7.84. The first kappa shape index (κ1) is 34.3. The van der Waals surface area contributed by atoms with E-state index >= 15 is 0 Å². The summed E-state index contributed by atoms with van der Waals surface area (Å²) in [6.45, 7) is 9.04. The van der Waals surface area contributed by atoms with Crippen molar-refractivity contribution in [1.29, 1.82) is 0 Å². The average Bonchev–Trinajstić information content (AvgIpc) is 3.64. The fourth-order valence-corrected chi connectivity index (χ4v) is 8.57. The number of fused-ring (bicyclic) bond motifs is 2. The second-order valence-electron chi connectivity index (χ2n) is 14.5. The van der Waals surface area contributed by atoms with Gasteiger partial charge in [0, 0.05) is 32.2 Å². The zero-order chi connectivity index (χ0) is 35.0. The van der Waals surface area contributed by atoms with E-state index in [0.717, 1.165) is 77.6 Å². The fourth-order valence-electron chi connectivity index (χ4n) is 7.41. The van der Waals surface area contributed by atoms with Gasteiger partial charge in [-0.15, -0.1) is 0 Å². The van der Waals surface area contributed by atoms with E-state index < -0.39 is 11.0 Å². The van der Waals surface area contributed by atoms with Gasteiger partial charge in [0.15, 0.2) is 10.6 Å². The molecule has 50 heavy (non-hydrogen) atoms. The highest BCUT2D eigenvalue weighted by Crippen LogP contribution is 2.52. The molecule has 262 valence electrons. The highest BCUT2D eigenvalue weighted by atomic mass is 32.2. The summed E-state index contributed by atoms with van der Waals surface area (Å²) in [5.74, 6) is 3.40. The average molecular weight is 711 g/mol. The minimum absolute atomic E-state index is 0.0171. The second kappa shape index (κ2) is 13.8. The molecule has 3 N–H and O–H groups in total. The van der Waals surface area contributed by atoms with Gasteiger partial charge >= 0.3 is 0 Å². The summed E-state index contributed by atoms with van der Waals surface area (Å²) in [5.41, 5.74) is 6.72. The molecule has 9 nitrogen and oxygen atoms in total. The summed E-state index contributed by atoms with van der Waals surface area (Å²) >= 11 is 5.62. The number of imidazole rings is 1. The lowest BCUT2D eigenvalue weighted by Gasteiger charge is -2.44. The maximum Gasteiger partial charge on any atom is 0.175 e. The van der Waals surface area contributed by atoms with Crippen molar-refractivity contribution in [2.75, 3.05) is 37.1 Å². The molecule has 0 amide bonds. The third-order valence-corrected chi connectivity index (χ3v) is 12.0. The van der Waals surface area contributed by atoms with Crippen LogP contribution in [-0.2, 0) is 30.5 Å². The van der Waals surface area contributed by atoms with Gasteiger partial charge in [-0.05, 0) is 104 Å². The normalized spacial score (nSPS) is 17.5. The number of nitrogens with zero attached hydrogens (tertiary/aromatic N) is 3. The Bertz CT molecular complexity index is 1990. The smallest absolute Gasteiger partial charge is 0.175 e. The quantitative estimate of drug-likeness (QED) is 0.127. The van der Waals surface area contributed by atoms with Gasteiger partial charge < -0.3 is 29.2 Å². The molecule has 1 unspecified atom stereocenters. The lowest BCUT2D eigenvalue weighted by Crippen LogP contribution is -2.48. The Balaban J connectivity index is 1.21. The van der Waals surface area contributed by atoms with E-state index in [1.807, 2.05) is 45.0 Å². The molecule has 1 fully saturated rings. The van der Waals surface area contributed by atoms with Crippen molar-refractivity contribution in [3.8, 4) is 11.5 Å². The number of ether oxygens (including phenoxy) is 2. The van der Waals surface area contributed by atoms with Crippen molar-refractivity contribution in [1.82, 2.24) is 19.7 Å².